The summed E-state index contributed by atoms with van der Waals surface area (Å²) in [6, 6.07) is 9.40. The van der Waals surface area contributed by atoms with Crippen LogP contribution in [-0.2, 0) is 14.4 Å². The zero-order valence-corrected chi connectivity index (χ0v) is 33.6. The van der Waals surface area contributed by atoms with Crippen LogP contribution in [0, 0.1) is 58.2 Å². The lowest BCUT2D eigenvalue weighted by molar-refractivity contribution is -0.131. The molecule has 0 heterocycles. The Labute approximate surface area is 292 Å². The van der Waals surface area contributed by atoms with Crippen LogP contribution in [0.2, 0.25) is 0 Å². The molecule has 0 unspecified atom stereocenters. The molecule has 1 aliphatic rings. The van der Waals surface area contributed by atoms with E-state index in [4.69, 9.17) is 0 Å². The summed E-state index contributed by atoms with van der Waals surface area (Å²) in [4.78, 5) is 45.5. The second kappa shape index (κ2) is 25.1. The minimum Gasteiger partial charge on any atom is -0.299 e. The van der Waals surface area contributed by atoms with E-state index in [2.05, 4.69) is 24.7 Å². The molecule has 0 spiro atoms. The molecule has 2 rings (SSSR count). The molecule has 1 aromatic carbocycles. The van der Waals surface area contributed by atoms with Gasteiger partial charge in [-0.25, -0.2) is 0 Å². The Morgan fingerprint density at radius 2 is 1.06 bits per heavy atom. The molecular formula is C43H72O4. The molecule has 0 radical (unpaired) electrons. The van der Waals surface area contributed by atoms with Gasteiger partial charge in [-0.05, 0) is 26.7 Å². The topological polar surface area (TPSA) is 68.3 Å². The molecule has 4 nitrogen and oxygen atoms in total. The van der Waals surface area contributed by atoms with Crippen molar-refractivity contribution in [1.29, 1.82) is 0 Å². The second-order valence-corrected chi connectivity index (χ2v) is 16.3. The van der Waals surface area contributed by atoms with E-state index < -0.39 is 0 Å². The Morgan fingerprint density at radius 3 is 1.28 bits per heavy atom. The van der Waals surface area contributed by atoms with Crippen LogP contribution in [0.1, 0.15) is 167 Å². The van der Waals surface area contributed by atoms with Gasteiger partial charge in [0.05, 0.1) is 0 Å². The molecule has 4 heteroatoms. The van der Waals surface area contributed by atoms with E-state index in [0.29, 0.717) is 29.7 Å². The summed E-state index contributed by atoms with van der Waals surface area (Å²) in [5.74, 6) is 6.38. The van der Waals surface area contributed by atoms with Crippen LogP contribution < -0.4 is 0 Å². The summed E-state index contributed by atoms with van der Waals surface area (Å²) in [6.07, 6.45) is 16.0. The third-order valence-electron chi connectivity index (χ3n) is 6.85. The fourth-order valence-electron chi connectivity index (χ4n) is 4.40. The van der Waals surface area contributed by atoms with Gasteiger partial charge in [0.1, 0.15) is 17.3 Å². The van der Waals surface area contributed by atoms with Crippen molar-refractivity contribution in [3.05, 3.63) is 35.9 Å². The fraction of sp³-hybridized carbons (Fsp3) is 0.674. The highest BCUT2D eigenvalue weighted by molar-refractivity contribution is 5.99. The molecule has 0 amide bonds. The standard InChI is InChI=1S/C11H20O.C11H14O.C8H16O.C7H14O.2C3H4/c2*1-11(2,3)10(12)9-7-5-4-6-8-9;1-6(2)7(9)8(3,4)5;1-5-6(8)7(2,3)4;2*1-3-2/h9H,4-8H2,1-3H3;4-8H,1-3H3;6H,1-5H3;5H2,1-4H3;2*1H,2H3. The van der Waals surface area contributed by atoms with Gasteiger partial charge in [-0.2, -0.15) is 0 Å². The predicted molar refractivity (Wildman–Crippen MR) is 204 cm³/mol. The summed E-state index contributed by atoms with van der Waals surface area (Å²) in [7, 11) is 0. The SMILES string of the molecule is C#CC.C#CC.CC(C)(C)C(=O)C1CCCCC1.CC(C)(C)C(=O)c1ccccc1.CC(C)C(=O)C(C)(C)C.CCC(=O)C(C)(C)C. The van der Waals surface area contributed by atoms with Crippen molar-refractivity contribution < 1.29 is 19.2 Å². The maximum Gasteiger partial charge on any atom is 0.168 e. The van der Waals surface area contributed by atoms with E-state index >= 15 is 0 Å². The number of benzene rings is 1. The summed E-state index contributed by atoms with van der Waals surface area (Å²) in [5.41, 5.74) is 0.108. The van der Waals surface area contributed by atoms with Crippen molar-refractivity contribution in [1.82, 2.24) is 0 Å². The number of Topliss-reactive ketones (excluding diaryl/α,β-unsaturated/α-hetero) is 4. The first-order chi connectivity index (χ1) is 21.2. The second-order valence-electron chi connectivity index (χ2n) is 16.3. The number of ketones is 4. The number of carbonyl (C=O) groups is 4. The zero-order chi connectivity index (χ0) is 38.2. The van der Waals surface area contributed by atoms with Crippen molar-refractivity contribution in [2.45, 2.75) is 156 Å². The first-order valence-electron chi connectivity index (χ1n) is 17.2. The number of terminal acetylenes is 2. The van der Waals surface area contributed by atoms with Crippen LogP contribution in [0.15, 0.2) is 30.3 Å². The predicted octanol–water partition coefficient (Wildman–Crippen LogP) is 11.6. The van der Waals surface area contributed by atoms with Gasteiger partial charge >= 0.3 is 0 Å². The van der Waals surface area contributed by atoms with E-state index in [9.17, 15) is 19.2 Å². The van der Waals surface area contributed by atoms with E-state index in [0.717, 1.165) is 18.4 Å². The van der Waals surface area contributed by atoms with Gasteiger partial charge in [0, 0.05) is 45.5 Å². The van der Waals surface area contributed by atoms with Gasteiger partial charge in [-0.15, -0.1) is 24.7 Å². The van der Waals surface area contributed by atoms with E-state index in [1.54, 1.807) is 13.8 Å². The number of rotatable bonds is 4. The van der Waals surface area contributed by atoms with Crippen molar-refractivity contribution in [2.24, 2.45) is 33.5 Å². The van der Waals surface area contributed by atoms with Gasteiger partial charge in [0.25, 0.3) is 0 Å². The molecule has 0 aromatic heterocycles. The molecule has 0 saturated heterocycles. The van der Waals surface area contributed by atoms with Gasteiger partial charge in [-0.1, -0.05) is 153 Å². The van der Waals surface area contributed by atoms with Crippen LogP contribution >= 0.6 is 0 Å². The quantitative estimate of drug-likeness (QED) is 0.240. The van der Waals surface area contributed by atoms with Gasteiger partial charge in [0.15, 0.2) is 5.78 Å². The normalized spacial score (nSPS) is 12.9. The van der Waals surface area contributed by atoms with Crippen LogP contribution in [0.5, 0.6) is 0 Å². The minimum absolute atomic E-state index is 0.123. The molecule has 1 fully saturated rings. The van der Waals surface area contributed by atoms with E-state index in [1.165, 1.54) is 19.3 Å². The third kappa shape index (κ3) is 27.8. The largest absolute Gasteiger partial charge is 0.299 e. The van der Waals surface area contributed by atoms with Crippen LogP contribution in [0.3, 0.4) is 0 Å². The molecule has 0 aliphatic heterocycles. The zero-order valence-electron chi connectivity index (χ0n) is 33.6. The van der Waals surface area contributed by atoms with Crippen molar-refractivity contribution >= 4 is 23.1 Å². The lowest BCUT2D eigenvalue weighted by Gasteiger charge is -2.27. The van der Waals surface area contributed by atoms with E-state index in [1.807, 2.05) is 134 Å². The lowest BCUT2D eigenvalue weighted by Crippen LogP contribution is -2.29. The average Bonchev–Trinajstić information content (AvgIpc) is 2.96. The molecule has 1 aromatic rings. The summed E-state index contributed by atoms with van der Waals surface area (Å²) >= 11 is 0. The highest BCUT2D eigenvalue weighted by atomic mass is 16.1. The van der Waals surface area contributed by atoms with Crippen molar-refractivity contribution in [3.63, 3.8) is 0 Å². The van der Waals surface area contributed by atoms with Gasteiger partial charge < -0.3 is 0 Å². The summed E-state index contributed by atoms with van der Waals surface area (Å²) < 4.78 is 0. The maximum atomic E-state index is 11.8. The third-order valence-corrected chi connectivity index (χ3v) is 6.85. The lowest BCUT2D eigenvalue weighted by atomic mass is 9.76. The summed E-state index contributed by atoms with van der Waals surface area (Å²) in [5, 5.41) is 0. The fourth-order valence-corrected chi connectivity index (χ4v) is 4.40. The number of carbonyl (C=O) groups excluding carboxylic acids is 4. The maximum absolute atomic E-state index is 11.8. The van der Waals surface area contributed by atoms with Crippen LogP contribution in [0.25, 0.3) is 0 Å². The van der Waals surface area contributed by atoms with Crippen molar-refractivity contribution in [3.8, 4) is 24.7 Å². The monoisotopic (exact) mass is 653 g/mol. The Bertz CT molecular complexity index is 1080. The molecule has 0 atom stereocenters. The Kier molecular flexibility index (Phi) is 27.2. The first kappa shape index (κ1) is 50.9. The molecule has 1 saturated carbocycles. The average molecular weight is 653 g/mol. The molecule has 47 heavy (non-hydrogen) atoms. The molecule has 0 bridgehead atoms. The molecule has 0 N–H and O–H groups in total. The Hall–Kier alpha value is -2.98. The molecule has 268 valence electrons. The minimum atomic E-state index is -0.276. The van der Waals surface area contributed by atoms with Crippen LogP contribution in [0.4, 0.5) is 0 Å². The number of hydrogen-bond donors (Lipinski definition) is 0. The number of hydrogen-bond acceptors (Lipinski definition) is 4. The highest BCUT2D eigenvalue weighted by Gasteiger charge is 2.30. The van der Waals surface area contributed by atoms with Crippen LogP contribution in [-0.4, -0.2) is 23.1 Å². The van der Waals surface area contributed by atoms with Gasteiger partial charge in [-0.3, -0.25) is 19.2 Å². The van der Waals surface area contributed by atoms with Gasteiger partial charge in [0.2, 0.25) is 0 Å². The first-order valence-corrected chi connectivity index (χ1v) is 17.2. The van der Waals surface area contributed by atoms with Crippen molar-refractivity contribution in [2.75, 3.05) is 0 Å². The molecular weight excluding hydrogens is 580 g/mol. The highest BCUT2D eigenvalue weighted by Crippen LogP contribution is 2.31. The molecule has 1 aliphatic carbocycles. The van der Waals surface area contributed by atoms with E-state index in [-0.39, 0.29) is 33.4 Å². The Morgan fingerprint density at radius 1 is 0.681 bits per heavy atom. The summed E-state index contributed by atoms with van der Waals surface area (Å²) in [6.45, 7) is 32.7. The smallest absolute Gasteiger partial charge is 0.168 e. The Balaban J connectivity index is -0.000000251.